The maximum absolute atomic E-state index is 12.6. The van der Waals surface area contributed by atoms with Gasteiger partial charge < -0.3 is 10.2 Å². The maximum Gasteiger partial charge on any atom is 0.128 e. The van der Waals surface area contributed by atoms with E-state index in [9.17, 15) is 10.2 Å². The largest absolute Gasteiger partial charge is 0.507 e. The number of fused-ring (bicyclic) bond motifs is 1. The summed E-state index contributed by atoms with van der Waals surface area (Å²) in [5.41, 5.74) is 13.1. The van der Waals surface area contributed by atoms with Gasteiger partial charge in [-0.05, 0) is 67.8 Å². The predicted molar refractivity (Wildman–Crippen MR) is 290 cm³/mol. The Labute approximate surface area is 415 Å². The summed E-state index contributed by atoms with van der Waals surface area (Å²) >= 11 is 0. The SMILES string of the molecule is CC(C)(c1ccccc1)c1cc(C=N[C@H]2C3c4ccccc4C(c4ccccc43)[C@@H]2N=Cc2cc(C(C)(C)c3ccccc3)cc(C(C)(C)c3ccccc3)c2O)c(O)c(C(C)(C)c2ccccc2)c1. The first kappa shape index (κ1) is 46.4. The van der Waals surface area contributed by atoms with E-state index in [1.807, 2.05) is 24.6 Å². The van der Waals surface area contributed by atoms with Crippen molar-refractivity contribution in [1.29, 1.82) is 0 Å². The Morgan fingerprint density at radius 2 is 0.586 bits per heavy atom. The van der Waals surface area contributed by atoms with Crippen molar-refractivity contribution >= 4 is 12.4 Å². The van der Waals surface area contributed by atoms with Gasteiger partial charge in [-0.15, -0.1) is 0 Å². The van der Waals surface area contributed by atoms with E-state index < -0.39 is 10.8 Å². The molecule has 8 aromatic carbocycles. The van der Waals surface area contributed by atoms with Gasteiger partial charge in [-0.3, -0.25) is 9.98 Å². The highest BCUT2D eigenvalue weighted by Gasteiger charge is 2.50. The molecule has 4 nitrogen and oxygen atoms in total. The van der Waals surface area contributed by atoms with Crippen molar-refractivity contribution in [2.45, 2.75) is 101 Å². The number of benzene rings is 8. The number of aliphatic imine (C=N–C) groups is 2. The highest BCUT2D eigenvalue weighted by atomic mass is 16.3. The van der Waals surface area contributed by atoms with E-state index in [-0.39, 0.29) is 46.2 Å². The molecule has 2 N–H and O–H groups in total. The molecule has 0 aliphatic heterocycles. The summed E-state index contributed by atoms with van der Waals surface area (Å²) in [6, 6.07) is 67.6. The molecule has 0 fully saturated rings. The monoisotopic (exact) mass is 916 g/mol. The number of aromatic hydroxyl groups is 2. The van der Waals surface area contributed by atoms with Crippen molar-refractivity contribution in [2.75, 3.05) is 0 Å². The van der Waals surface area contributed by atoms with E-state index >= 15 is 0 Å². The van der Waals surface area contributed by atoms with Gasteiger partial charge in [0.05, 0.1) is 12.1 Å². The third-order valence-corrected chi connectivity index (χ3v) is 16.2. The van der Waals surface area contributed by atoms with Gasteiger partial charge in [0.1, 0.15) is 11.5 Å². The van der Waals surface area contributed by atoms with Crippen LogP contribution < -0.4 is 0 Å². The molecule has 0 saturated carbocycles. The van der Waals surface area contributed by atoms with Crippen LogP contribution >= 0.6 is 0 Å². The summed E-state index contributed by atoms with van der Waals surface area (Å²) in [5.74, 6) is 0.269. The van der Waals surface area contributed by atoms with Gasteiger partial charge in [-0.1, -0.05) is 237 Å². The molecule has 2 atom stereocenters. The lowest BCUT2D eigenvalue weighted by Crippen LogP contribution is -2.45. The third kappa shape index (κ3) is 7.98. The molecule has 2 bridgehead atoms. The van der Waals surface area contributed by atoms with E-state index in [0.717, 1.165) is 33.4 Å². The van der Waals surface area contributed by atoms with Crippen molar-refractivity contribution in [3.05, 3.63) is 272 Å². The smallest absolute Gasteiger partial charge is 0.128 e. The van der Waals surface area contributed by atoms with Crippen LogP contribution in [0.4, 0.5) is 0 Å². The average Bonchev–Trinajstić information content (AvgIpc) is 3.38. The van der Waals surface area contributed by atoms with Crippen LogP contribution in [-0.2, 0) is 21.7 Å². The lowest BCUT2D eigenvalue weighted by Gasteiger charge is -2.47. The molecule has 11 rings (SSSR count). The number of phenols is 2. The Balaban J connectivity index is 1.15. The Morgan fingerprint density at radius 1 is 0.329 bits per heavy atom. The molecule has 0 unspecified atom stereocenters. The van der Waals surface area contributed by atoms with Crippen LogP contribution in [0.5, 0.6) is 11.5 Å². The molecular weight excluding hydrogens is 853 g/mol. The van der Waals surface area contributed by atoms with Gasteiger partial charge >= 0.3 is 0 Å². The summed E-state index contributed by atoms with van der Waals surface area (Å²) in [6.45, 7) is 17.8. The fourth-order valence-corrected chi connectivity index (χ4v) is 11.6. The number of nitrogens with zero attached hydrogens (tertiary/aromatic N) is 2. The summed E-state index contributed by atoms with van der Waals surface area (Å²) in [7, 11) is 0. The third-order valence-electron chi connectivity index (χ3n) is 16.2. The minimum Gasteiger partial charge on any atom is -0.507 e. The average molecular weight is 917 g/mol. The second-order valence-corrected chi connectivity index (χ2v) is 21.6. The first-order valence-electron chi connectivity index (χ1n) is 24.8. The van der Waals surface area contributed by atoms with Crippen molar-refractivity contribution in [3.63, 3.8) is 0 Å². The topological polar surface area (TPSA) is 65.2 Å². The van der Waals surface area contributed by atoms with Crippen LogP contribution in [0.25, 0.3) is 0 Å². The minimum absolute atomic E-state index is 0.0911. The highest BCUT2D eigenvalue weighted by Crippen LogP contribution is 2.55. The molecule has 0 saturated heterocycles. The fourth-order valence-electron chi connectivity index (χ4n) is 11.6. The second-order valence-electron chi connectivity index (χ2n) is 21.6. The highest BCUT2D eigenvalue weighted by molar-refractivity contribution is 5.87. The number of hydrogen-bond donors (Lipinski definition) is 2. The van der Waals surface area contributed by atoms with Gasteiger partial charge in [0.2, 0.25) is 0 Å². The van der Waals surface area contributed by atoms with Crippen molar-refractivity contribution in [2.24, 2.45) is 9.98 Å². The lowest BCUT2D eigenvalue weighted by molar-refractivity contribution is 0.390. The van der Waals surface area contributed by atoms with Crippen LogP contribution in [0.3, 0.4) is 0 Å². The molecule has 0 radical (unpaired) electrons. The quantitative estimate of drug-likeness (QED) is 0.120. The number of rotatable bonds is 12. The van der Waals surface area contributed by atoms with Crippen LogP contribution in [0.2, 0.25) is 0 Å². The molecule has 3 aliphatic rings. The van der Waals surface area contributed by atoms with E-state index in [1.54, 1.807) is 0 Å². The van der Waals surface area contributed by atoms with Crippen molar-refractivity contribution in [1.82, 2.24) is 0 Å². The first-order valence-corrected chi connectivity index (χ1v) is 24.8. The van der Waals surface area contributed by atoms with Gasteiger partial charge in [0.25, 0.3) is 0 Å². The molecule has 0 spiro atoms. The maximum atomic E-state index is 12.6. The zero-order valence-electron chi connectivity index (χ0n) is 41.7. The van der Waals surface area contributed by atoms with E-state index in [0.29, 0.717) is 11.1 Å². The number of phenolic OH excluding ortho intramolecular Hbond substituents is 2. The van der Waals surface area contributed by atoms with Crippen molar-refractivity contribution < 1.29 is 10.2 Å². The zero-order valence-corrected chi connectivity index (χ0v) is 41.7. The molecule has 3 aliphatic carbocycles. The van der Waals surface area contributed by atoms with Gasteiger partial charge in [0, 0.05) is 68.2 Å². The van der Waals surface area contributed by atoms with Crippen LogP contribution in [0.15, 0.2) is 204 Å². The molecule has 0 aromatic heterocycles. The molecular formula is C66H64N2O2. The van der Waals surface area contributed by atoms with Crippen LogP contribution in [0, 0.1) is 0 Å². The second kappa shape index (κ2) is 17.9. The zero-order chi connectivity index (χ0) is 49.0. The Kier molecular flexibility index (Phi) is 11.9. The molecule has 70 heavy (non-hydrogen) atoms. The van der Waals surface area contributed by atoms with Gasteiger partial charge in [-0.2, -0.15) is 0 Å². The van der Waals surface area contributed by atoms with Crippen LogP contribution in [-0.4, -0.2) is 34.7 Å². The lowest BCUT2D eigenvalue weighted by atomic mass is 9.59. The Hall–Kier alpha value is -7.30. The minimum atomic E-state index is -0.523. The van der Waals surface area contributed by atoms with E-state index in [1.165, 1.54) is 33.4 Å². The van der Waals surface area contributed by atoms with Gasteiger partial charge in [0.15, 0.2) is 0 Å². The van der Waals surface area contributed by atoms with Crippen LogP contribution in [0.1, 0.15) is 145 Å². The Morgan fingerprint density at radius 3 is 0.871 bits per heavy atom. The summed E-state index contributed by atoms with van der Waals surface area (Å²) in [5, 5.41) is 25.1. The molecule has 0 amide bonds. The fraction of sp³-hybridized carbons (Fsp3) is 0.242. The Bertz CT molecular complexity index is 2970. The predicted octanol–water partition coefficient (Wildman–Crippen LogP) is 15.0. The summed E-state index contributed by atoms with van der Waals surface area (Å²) in [4.78, 5) is 11.3. The summed E-state index contributed by atoms with van der Waals surface area (Å²) in [6.07, 6.45) is 3.84. The van der Waals surface area contributed by atoms with Crippen molar-refractivity contribution in [3.8, 4) is 11.5 Å². The normalized spacial score (nSPS) is 18.0. The molecule has 0 heterocycles. The summed E-state index contributed by atoms with van der Waals surface area (Å²) < 4.78 is 0. The van der Waals surface area contributed by atoms with E-state index in [4.69, 9.17) is 9.98 Å². The molecule has 8 aromatic rings. The van der Waals surface area contributed by atoms with Gasteiger partial charge in [-0.25, -0.2) is 0 Å². The standard InChI is InChI=1S/C66H64N2O2/c1-63(2,45-25-13-9-14-26-45)49-37-43(61(69)55(39-49)65(5,6)47-29-17-11-18-30-47)41-67-59-57-51-33-21-23-35-53(51)58(54-36-24-22-34-52(54)57)60(59)68-42-44-38-50(64(3,4)46-27-15-10-16-28-46)40-56(62(44)70)66(7,8)48-31-19-12-20-32-48/h9-42,57-60,69-70H,1-8H3/t57?,58?,59-,60-/m0/s1. The van der Waals surface area contributed by atoms with E-state index in [2.05, 4.69) is 237 Å². The molecule has 350 valence electrons. The first-order chi connectivity index (χ1) is 33.6. The molecule has 4 heteroatoms. The number of hydrogen-bond acceptors (Lipinski definition) is 4.